The number of halogens is 1. The average molecular weight is 365 g/mol. The monoisotopic (exact) mass is 364 g/mol. The molecular weight excluding hydrogens is 352 g/mol. The minimum Gasteiger partial charge on any atom is -0.507 e. The Morgan fingerprint density at radius 1 is 1.28 bits per heavy atom. The molecule has 25 heavy (non-hydrogen) atoms. The Labute approximate surface area is 147 Å². The fourth-order valence-electron chi connectivity index (χ4n) is 1.95. The summed E-state index contributed by atoms with van der Waals surface area (Å²) in [5.74, 6) is -1.81. The molecule has 1 amide bonds. The lowest BCUT2D eigenvalue weighted by atomic mass is 10.1. The molecular formula is C16H13ClN2O6. The molecule has 0 saturated carbocycles. The molecule has 0 bridgehead atoms. The zero-order valence-electron chi connectivity index (χ0n) is 13.0. The minimum atomic E-state index is -0.866. The lowest BCUT2D eigenvalue weighted by molar-refractivity contribution is -0.384. The Balaban J connectivity index is 1.98. The largest absolute Gasteiger partial charge is 0.507 e. The van der Waals surface area contributed by atoms with Gasteiger partial charge in [0.15, 0.2) is 6.61 Å². The van der Waals surface area contributed by atoms with Gasteiger partial charge in [-0.15, -0.1) is 0 Å². The van der Waals surface area contributed by atoms with Gasteiger partial charge in [-0.25, -0.2) is 4.79 Å². The van der Waals surface area contributed by atoms with E-state index < -0.39 is 23.4 Å². The highest BCUT2D eigenvalue weighted by Gasteiger charge is 2.16. The van der Waals surface area contributed by atoms with Crippen molar-refractivity contribution in [3.05, 3.63) is 62.7 Å². The summed E-state index contributed by atoms with van der Waals surface area (Å²) in [6.07, 6.45) is 0. The van der Waals surface area contributed by atoms with E-state index in [1.165, 1.54) is 24.3 Å². The highest BCUT2D eigenvalue weighted by atomic mass is 35.5. The Morgan fingerprint density at radius 3 is 2.64 bits per heavy atom. The number of nitro benzene ring substituents is 1. The normalized spacial score (nSPS) is 10.2. The standard InChI is InChI=1S/C16H13ClN2O6/c1-9-2-4-11(14(20)6-9)16(22)25-8-15(21)18-10-3-5-12(17)13(7-10)19(23)24/h2-7,20H,8H2,1H3,(H,18,21). The number of amides is 1. The van der Waals surface area contributed by atoms with Crippen molar-refractivity contribution in [1.82, 2.24) is 0 Å². The molecule has 2 aromatic rings. The molecule has 8 nitrogen and oxygen atoms in total. The molecule has 9 heteroatoms. The maximum atomic E-state index is 11.9. The topological polar surface area (TPSA) is 119 Å². The molecule has 0 aliphatic rings. The summed E-state index contributed by atoms with van der Waals surface area (Å²) < 4.78 is 4.81. The van der Waals surface area contributed by atoms with Crippen LogP contribution in [0.3, 0.4) is 0 Å². The van der Waals surface area contributed by atoms with E-state index in [1.54, 1.807) is 13.0 Å². The van der Waals surface area contributed by atoms with E-state index in [-0.39, 0.29) is 27.7 Å². The number of anilines is 1. The van der Waals surface area contributed by atoms with Crippen molar-refractivity contribution >= 4 is 34.9 Å². The number of phenols is 1. The van der Waals surface area contributed by atoms with Crippen molar-refractivity contribution < 1.29 is 24.4 Å². The Bertz CT molecular complexity index is 853. The van der Waals surface area contributed by atoms with Gasteiger partial charge >= 0.3 is 5.97 Å². The third-order valence-electron chi connectivity index (χ3n) is 3.13. The molecule has 0 saturated heterocycles. The molecule has 2 aromatic carbocycles. The molecule has 0 unspecified atom stereocenters. The number of hydrogen-bond acceptors (Lipinski definition) is 6. The first-order valence-electron chi connectivity index (χ1n) is 6.98. The number of ether oxygens (including phenoxy) is 1. The summed E-state index contributed by atoms with van der Waals surface area (Å²) in [7, 11) is 0. The molecule has 0 aliphatic carbocycles. The summed E-state index contributed by atoms with van der Waals surface area (Å²) in [4.78, 5) is 33.8. The minimum absolute atomic E-state index is 0.0655. The second-order valence-corrected chi connectivity index (χ2v) is 5.48. The van der Waals surface area contributed by atoms with Crippen LogP contribution in [0.25, 0.3) is 0 Å². The molecule has 0 atom stereocenters. The molecule has 0 fully saturated rings. The van der Waals surface area contributed by atoms with Crippen LogP contribution < -0.4 is 5.32 Å². The first-order chi connectivity index (χ1) is 11.8. The Kier molecular flexibility index (Phi) is 5.56. The summed E-state index contributed by atoms with van der Waals surface area (Å²) in [5, 5.41) is 22.8. The van der Waals surface area contributed by atoms with Crippen molar-refractivity contribution in [1.29, 1.82) is 0 Å². The van der Waals surface area contributed by atoms with Crippen LogP contribution in [0.4, 0.5) is 11.4 Å². The fourth-order valence-corrected chi connectivity index (χ4v) is 2.14. The van der Waals surface area contributed by atoms with E-state index >= 15 is 0 Å². The molecule has 0 aromatic heterocycles. The van der Waals surface area contributed by atoms with Gasteiger partial charge in [0.2, 0.25) is 0 Å². The predicted molar refractivity (Wildman–Crippen MR) is 89.9 cm³/mol. The number of nitro groups is 1. The maximum Gasteiger partial charge on any atom is 0.342 e. The highest BCUT2D eigenvalue weighted by Crippen LogP contribution is 2.27. The number of nitrogens with one attached hydrogen (secondary N) is 1. The molecule has 0 heterocycles. The van der Waals surface area contributed by atoms with Gasteiger partial charge in [0.05, 0.1) is 4.92 Å². The van der Waals surface area contributed by atoms with E-state index in [4.69, 9.17) is 16.3 Å². The number of aryl methyl sites for hydroxylation is 1. The van der Waals surface area contributed by atoms with Crippen LogP contribution in [0.5, 0.6) is 5.75 Å². The highest BCUT2D eigenvalue weighted by molar-refractivity contribution is 6.32. The summed E-state index contributed by atoms with van der Waals surface area (Å²) in [6, 6.07) is 8.13. The second kappa shape index (κ2) is 7.63. The van der Waals surface area contributed by atoms with E-state index in [0.717, 1.165) is 11.6 Å². The van der Waals surface area contributed by atoms with Crippen LogP contribution in [0.15, 0.2) is 36.4 Å². The molecule has 2 N–H and O–H groups in total. The second-order valence-electron chi connectivity index (χ2n) is 5.07. The van der Waals surface area contributed by atoms with Crippen LogP contribution in [0.1, 0.15) is 15.9 Å². The Morgan fingerprint density at radius 2 is 2.00 bits per heavy atom. The van der Waals surface area contributed by atoms with E-state index in [9.17, 15) is 24.8 Å². The van der Waals surface area contributed by atoms with Crippen molar-refractivity contribution in [2.45, 2.75) is 6.92 Å². The fraction of sp³-hybridized carbons (Fsp3) is 0.125. The van der Waals surface area contributed by atoms with Crippen LogP contribution in [0.2, 0.25) is 5.02 Å². The molecule has 0 radical (unpaired) electrons. The SMILES string of the molecule is Cc1ccc(C(=O)OCC(=O)Nc2ccc(Cl)c([N+](=O)[O-])c2)c(O)c1. The van der Waals surface area contributed by atoms with Gasteiger partial charge in [0, 0.05) is 11.8 Å². The van der Waals surface area contributed by atoms with Crippen molar-refractivity contribution in [3.8, 4) is 5.75 Å². The van der Waals surface area contributed by atoms with Gasteiger partial charge in [-0.2, -0.15) is 0 Å². The van der Waals surface area contributed by atoms with Crippen molar-refractivity contribution in [2.75, 3.05) is 11.9 Å². The quantitative estimate of drug-likeness (QED) is 0.478. The number of esters is 1. The van der Waals surface area contributed by atoms with E-state index in [0.29, 0.717) is 0 Å². The number of benzene rings is 2. The average Bonchev–Trinajstić information content (AvgIpc) is 2.54. The number of carbonyl (C=O) groups is 2. The van der Waals surface area contributed by atoms with Gasteiger partial charge in [-0.1, -0.05) is 17.7 Å². The number of carbonyl (C=O) groups excluding carboxylic acids is 2. The van der Waals surface area contributed by atoms with Crippen LogP contribution in [-0.2, 0) is 9.53 Å². The molecule has 130 valence electrons. The van der Waals surface area contributed by atoms with Crippen molar-refractivity contribution in [2.24, 2.45) is 0 Å². The number of phenolic OH excluding ortho intramolecular Hbond substituents is 1. The van der Waals surface area contributed by atoms with Gasteiger partial charge < -0.3 is 15.2 Å². The third-order valence-corrected chi connectivity index (χ3v) is 3.45. The molecule has 0 spiro atoms. The number of aromatic hydroxyl groups is 1. The lowest BCUT2D eigenvalue weighted by Gasteiger charge is -2.08. The predicted octanol–water partition coefficient (Wildman–Crippen LogP) is 3.06. The third kappa shape index (κ3) is 4.67. The first kappa shape index (κ1) is 18.2. The maximum absolute atomic E-state index is 11.9. The number of hydrogen-bond donors (Lipinski definition) is 2. The first-order valence-corrected chi connectivity index (χ1v) is 7.36. The summed E-state index contributed by atoms with van der Waals surface area (Å²) >= 11 is 5.68. The lowest BCUT2D eigenvalue weighted by Crippen LogP contribution is -2.21. The van der Waals surface area contributed by atoms with Crippen LogP contribution >= 0.6 is 11.6 Å². The van der Waals surface area contributed by atoms with Crippen molar-refractivity contribution in [3.63, 3.8) is 0 Å². The van der Waals surface area contributed by atoms with E-state index in [2.05, 4.69) is 5.32 Å². The number of nitrogens with zero attached hydrogens (tertiary/aromatic N) is 1. The zero-order chi connectivity index (χ0) is 18.6. The van der Waals surface area contributed by atoms with Crippen LogP contribution in [0, 0.1) is 17.0 Å². The molecule has 2 rings (SSSR count). The van der Waals surface area contributed by atoms with Gasteiger partial charge in [-0.05, 0) is 36.8 Å². The van der Waals surface area contributed by atoms with Crippen LogP contribution in [-0.4, -0.2) is 28.5 Å². The Hall–Kier alpha value is -3.13. The number of rotatable bonds is 5. The zero-order valence-corrected chi connectivity index (χ0v) is 13.7. The molecule has 0 aliphatic heterocycles. The van der Waals surface area contributed by atoms with Gasteiger partial charge in [-0.3, -0.25) is 14.9 Å². The van der Waals surface area contributed by atoms with Gasteiger partial charge in [0.25, 0.3) is 11.6 Å². The smallest absolute Gasteiger partial charge is 0.342 e. The van der Waals surface area contributed by atoms with Gasteiger partial charge in [0.1, 0.15) is 16.3 Å². The summed E-state index contributed by atoms with van der Waals surface area (Å²) in [6.45, 7) is 1.12. The van der Waals surface area contributed by atoms with E-state index in [1.807, 2.05) is 0 Å². The summed E-state index contributed by atoms with van der Waals surface area (Å²) in [5.41, 5.74) is 0.466.